The number of urea groups is 1. The predicted molar refractivity (Wildman–Crippen MR) is 69.3 cm³/mol. The second-order valence-corrected chi connectivity index (χ2v) is 4.48. The van der Waals surface area contributed by atoms with Crippen LogP contribution in [0.2, 0.25) is 0 Å². The molecular weight excluding hydrogens is 264 g/mol. The molecule has 0 aromatic carbocycles. The van der Waals surface area contributed by atoms with Crippen molar-refractivity contribution in [2.75, 3.05) is 7.11 Å². The highest BCUT2D eigenvalue weighted by Crippen LogP contribution is 2.43. The van der Waals surface area contributed by atoms with Crippen LogP contribution in [-0.2, 0) is 9.59 Å². The average molecular weight is 278 g/mol. The topological polar surface area (TPSA) is 105 Å². The van der Waals surface area contributed by atoms with E-state index in [4.69, 9.17) is 9.84 Å². The zero-order chi connectivity index (χ0) is 14.9. The van der Waals surface area contributed by atoms with E-state index < -0.39 is 29.9 Å². The fourth-order valence-electron chi connectivity index (χ4n) is 1.83. The van der Waals surface area contributed by atoms with Crippen molar-refractivity contribution in [2.45, 2.75) is 13.0 Å². The highest BCUT2D eigenvalue weighted by molar-refractivity contribution is 6.05. The van der Waals surface area contributed by atoms with Crippen LogP contribution < -0.4 is 15.4 Å². The molecule has 2 atom stereocenters. The molecule has 3 rings (SSSR count). The van der Waals surface area contributed by atoms with Crippen molar-refractivity contribution in [1.29, 1.82) is 0 Å². The van der Waals surface area contributed by atoms with Crippen LogP contribution in [-0.4, -0.2) is 36.2 Å². The molecule has 0 saturated carbocycles. The summed E-state index contributed by atoms with van der Waals surface area (Å²) in [4.78, 5) is 31.8. The third kappa shape index (κ3) is 2.71. The van der Waals surface area contributed by atoms with Gasteiger partial charge in [0.1, 0.15) is 11.8 Å². The Morgan fingerprint density at radius 1 is 1.40 bits per heavy atom. The second-order valence-electron chi connectivity index (χ2n) is 4.48. The molecule has 1 heterocycles. The number of ether oxygens (including phenoxy) is 1. The molecule has 3 amide bonds. The Balaban J connectivity index is 0.000000157. The Bertz CT molecular complexity index is 584. The van der Waals surface area contributed by atoms with Gasteiger partial charge in [-0.05, 0) is 24.6 Å². The van der Waals surface area contributed by atoms with Crippen molar-refractivity contribution in [1.82, 2.24) is 10.6 Å². The third-order valence-electron chi connectivity index (χ3n) is 3.12. The number of carboxylic acids is 1. The van der Waals surface area contributed by atoms with Gasteiger partial charge >= 0.3 is 12.0 Å². The van der Waals surface area contributed by atoms with Gasteiger partial charge in [0.25, 0.3) is 5.91 Å². The summed E-state index contributed by atoms with van der Waals surface area (Å²) in [7, 11) is 1.70. The van der Waals surface area contributed by atoms with Gasteiger partial charge in [-0.25, -0.2) is 4.79 Å². The van der Waals surface area contributed by atoms with Gasteiger partial charge < -0.3 is 15.2 Å². The van der Waals surface area contributed by atoms with Crippen LogP contribution in [0.5, 0.6) is 5.75 Å². The number of carbonyl (C=O) groups is 3. The monoisotopic (exact) mass is 278 g/mol. The molecule has 1 aliphatic heterocycles. The number of aliphatic carboxylic acids is 1. The van der Waals surface area contributed by atoms with Gasteiger partial charge in [0, 0.05) is 5.56 Å². The Labute approximate surface area is 114 Å². The number of amides is 3. The van der Waals surface area contributed by atoms with Gasteiger partial charge in [-0.3, -0.25) is 14.9 Å². The first-order chi connectivity index (χ1) is 9.43. The van der Waals surface area contributed by atoms with E-state index in [1.54, 1.807) is 7.11 Å². The number of nitrogens with one attached hydrogen (secondary N) is 2. The first-order valence-electron chi connectivity index (χ1n) is 5.96. The summed E-state index contributed by atoms with van der Waals surface area (Å²) >= 11 is 0. The minimum absolute atomic E-state index is 0.588. The first kappa shape index (κ1) is 13.9. The summed E-state index contributed by atoms with van der Waals surface area (Å²) in [5.41, 5.74) is 2.62. The molecule has 0 aromatic heterocycles. The minimum atomic E-state index is -1.11. The van der Waals surface area contributed by atoms with Crippen molar-refractivity contribution in [3.05, 3.63) is 18.2 Å². The number of hydrogen-bond donors (Lipinski definition) is 3. The Hall–Kier alpha value is -2.57. The Kier molecular flexibility index (Phi) is 3.60. The van der Waals surface area contributed by atoms with Crippen molar-refractivity contribution in [3.8, 4) is 16.9 Å². The van der Waals surface area contributed by atoms with Gasteiger partial charge in [0.2, 0.25) is 0 Å². The van der Waals surface area contributed by atoms with E-state index in [0.717, 1.165) is 5.75 Å². The molecule has 7 nitrogen and oxygen atoms in total. The van der Waals surface area contributed by atoms with E-state index in [1.807, 2.05) is 11.4 Å². The van der Waals surface area contributed by atoms with Gasteiger partial charge in [0.05, 0.1) is 13.0 Å². The van der Waals surface area contributed by atoms with Crippen LogP contribution in [0.25, 0.3) is 11.1 Å². The maximum Gasteiger partial charge on any atom is 0.322 e. The smallest absolute Gasteiger partial charge is 0.322 e. The van der Waals surface area contributed by atoms with Crippen molar-refractivity contribution >= 4 is 17.9 Å². The number of fused-ring (bicyclic) bond motifs is 1. The van der Waals surface area contributed by atoms with Crippen LogP contribution in [0.1, 0.15) is 6.92 Å². The minimum Gasteiger partial charge on any atom is -0.496 e. The SMILES string of the molecule is CC(C(=O)O)C1NC(=O)NC1=O.COc1ccc2cc1-2. The number of benzene rings is 1. The number of carboxylic acid groups (broad SMARTS) is 1. The van der Waals surface area contributed by atoms with Crippen molar-refractivity contribution in [2.24, 2.45) is 5.92 Å². The lowest BCUT2D eigenvalue weighted by molar-refractivity contribution is -0.143. The summed E-state index contributed by atoms with van der Waals surface area (Å²) < 4.78 is 5.01. The fraction of sp³-hybridized carbons (Fsp3) is 0.308. The molecule has 1 saturated heterocycles. The fourth-order valence-corrected chi connectivity index (χ4v) is 1.83. The van der Waals surface area contributed by atoms with Crippen molar-refractivity contribution in [3.63, 3.8) is 0 Å². The molecule has 0 spiro atoms. The number of imide groups is 1. The summed E-state index contributed by atoms with van der Waals surface area (Å²) in [6, 6.07) is 4.57. The van der Waals surface area contributed by atoms with Crippen LogP contribution >= 0.6 is 0 Å². The van der Waals surface area contributed by atoms with Gasteiger partial charge in [0.15, 0.2) is 0 Å². The largest absolute Gasteiger partial charge is 0.496 e. The Morgan fingerprint density at radius 3 is 2.40 bits per heavy atom. The highest BCUT2D eigenvalue weighted by atomic mass is 16.5. The molecule has 0 aromatic rings. The molecule has 2 aliphatic carbocycles. The molecule has 7 heteroatoms. The molecule has 0 radical (unpaired) electrons. The lowest BCUT2D eigenvalue weighted by Crippen LogP contribution is -2.39. The summed E-state index contributed by atoms with van der Waals surface area (Å²) in [5, 5.41) is 12.7. The number of hydrogen-bond acceptors (Lipinski definition) is 4. The molecular formula is C13H14N2O5. The molecule has 106 valence electrons. The summed E-state index contributed by atoms with van der Waals surface area (Å²) in [6.07, 6.45) is 0. The van der Waals surface area contributed by atoms with Crippen molar-refractivity contribution < 1.29 is 24.2 Å². The van der Waals surface area contributed by atoms with E-state index in [1.165, 1.54) is 18.1 Å². The summed E-state index contributed by atoms with van der Waals surface area (Å²) in [5.74, 6) is -1.59. The maximum atomic E-state index is 10.9. The van der Waals surface area contributed by atoms with E-state index in [2.05, 4.69) is 17.4 Å². The third-order valence-corrected chi connectivity index (χ3v) is 3.12. The molecule has 1 fully saturated rings. The Morgan fingerprint density at radius 2 is 2.10 bits per heavy atom. The standard InChI is InChI=1S/C7H6O.C6H8N2O4/c1-8-7-3-2-5-4-6(5)7;1-2(5(10)11)3-4(9)8-6(12)7-3/h2-4H,1H3;2-3H,1H3,(H,10,11)(H2,7,8,9,12). The molecule has 3 aliphatic rings. The van der Waals surface area contributed by atoms with E-state index in [9.17, 15) is 14.4 Å². The van der Waals surface area contributed by atoms with Gasteiger partial charge in [-0.2, -0.15) is 0 Å². The first-order valence-corrected chi connectivity index (χ1v) is 5.96. The maximum absolute atomic E-state index is 10.9. The molecule has 0 bridgehead atoms. The quantitative estimate of drug-likeness (QED) is 0.713. The lowest BCUT2D eigenvalue weighted by Gasteiger charge is -2.10. The summed E-state index contributed by atoms with van der Waals surface area (Å²) in [6.45, 7) is 1.36. The molecule has 20 heavy (non-hydrogen) atoms. The van der Waals surface area contributed by atoms with E-state index in [-0.39, 0.29) is 0 Å². The van der Waals surface area contributed by atoms with E-state index >= 15 is 0 Å². The number of methoxy groups -OCH3 is 1. The van der Waals surface area contributed by atoms with Crippen LogP contribution in [0, 0.1) is 5.92 Å². The predicted octanol–water partition coefficient (Wildman–Crippen LogP) is 0.591. The second kappa shape index (κ2) is 5.20. The zero-order valence-electron chi connectivity index (χ0n) is 11.0. The van der Waals surface area contributed by atoms with Crippen LogP contribution in [0.4, 0.5) is 4.79 Å². The number of rotatable bonds is 3. The van der Waals surface area contributed by atoms with Crippen LogP contribution in [0.15, 0.2) is 18.2 Å². The average Bonchev–Trinajstić information content (AvgIpc) is 2.94. The zero-order valence-corrected chi connectivity index (χ0v) is 11.0. The highest BCUT2D eigenvalue weighted by Gasteiger charge is 2.37. The lowest BCUT2D eigenvalue weighted by atomic mass is 10.0. The van der Waals surface area contributed by atoms with E-state index in [0.29, 0.717) is 0 Å². The van der Waals surface area contributed by atoms with Crippen LogP contribution in [0.3, 0.4) is 0 Å². The van der Waals surface area contributed by atoms with Gasteiger partial charge in [-0.15, -0.1) is 0 Å². The molecule has 2 unspecified atom stereocenters. The van der Waals surface area contributed by atoms with Gasteiger partial charge in [-0.1, -0.05) is 6.07 Å². The normalized spacial score (nSPS) is 19.2. The number of carbonyl (C=O) groups excluding carboxylic acids is 2. The molecule has 3 N–H and O–H groups in total.